The van der Waals surface area contributed by atoms with Crippen LogP contribution < -0.4 is 10.6 Å². The minimum absolute atomic E-state index is 0.0511. The third-order valence-electron chi connectivity index (χ3n) is 4.77. The molecule has 1 aromatic heterocycles. The maximum absolute atomic E-state index is 12.7. The highest BCUT2D eigenvalue weighted by Crippen LogP contribution is 2.30. The smallest absolute Gasteiger partial charge is 0.337 e. The molecular formula is C21H28N4O4. The summed E-state index contributed by atoms with van der Waals surface area (Å²) >= 11 is 0. The van der Waals surface area contributed by atoms with Crippen LogP contribution >= 0.6 is 0 Å². The first-order chi connectivity index (χ1) is 14.1. The van der Waals surface area contributed by atoms with Gasteiger partial charge >= 0.3 is 5.97 Å². The molecule has 0 saturated heterocycles. The van der Waals surface area contributed by atoms with Gasteiger partial charge in [-0.25, -0.2) is 4.79 Å². The summed E-state index contributed by atoms with van der Waals surface area (Å²) in [5, 5.41) is 6.62. The summed E-state index contributed by atoms with van der Waals surface area (Å²) in [4.78, 5) is 28.4. The predicted molar refractivity (Wildman–Crippen MR) is 109 cm³/mol. The van der Waals surface area contributed by atoms with Crippen molar-refractivity contribution in [3.05, 3.63) is 53.9 Å². The Morgan fingerprint density at radius 1 is 1.31 bits per heavy atom. The monoisotopic (exact) mass is 400 g/mol. The average Bonchev–Trinajstić information content (AvgIpc) is 3.38. The Balaban J connectivity index is 1.79. The summed E-state index contributed by atoms with van der Waals surface area (Å²) in [7, 11) is 1.36. The zero-order valence-electron chi connectivity index (χ0n) is 17.1. The lowest BCUT2D eigenvalue weighted by atomic mass is 10.1. The van der Waals surface area contributed by atoms with Crippen LogP contribution in [-0.2, 0) is 14.3 Å². The highest BCUT2D eigenvalue weighted by atomic mass is 16.5. The molecule has 8 nitrogen and oxygen atoms in total. The molecule has 0 fully saturated rings. The van der Waals surface area contributed by atoms with Crippen LogP contribution in [0.25, 0.3) is 5.70 Å². The van der Waals surface area contributed by atoms with E-state index in [1.165, 1.54) is 7.11 Å². The molecule has 2 N–H and O–H groups in total. The van der Waals surface area contributed by atoms with Crippen LogP contribution in [0.1, 0.15) is 32.4 Å². The van der Waals surface area contributed by atoms with E-state index < -0.39 is 5.97 Å². The highest BCUT2D eigenvalue weighted by Gasteiger charge is 2.34. The van der Waals surface area contributed by atoms with E-state index in [2.05, 4.69) is 24.5 Å². The van der Waals surface area contributed by atoms with Gasteiger partial charge in [-0.3, -0.25) is 4.79 Å². The molecule has 8 heteroatoms. The van der Waals surface area contributed by atoms with Gasteiger partial charge in [0, 0.05) is 19.3 Å². The Labute approximate surface area is 170 Å². The molecule has 1 atom stereocenters. The quantitative estimate of drug-likeness (QED) is 0.613. The number of methoxy groups -OCH3 is 1. The standard InChI is InChI=1S/C21H28N4O4/c1-4-9-24(10-5-2)18(26)14-22-20-19(16-7-6-12-29-16)23-17-13-15(21(27)28-3)8-11-25(17)20/h6-8,11-13,17,22-23H,4-5,9-10,14H2,1-3H3. The van der Waals surface area contributed by atoms with Gasteiger partial charge in [-0.15, -0.1) is 0 Å². The van der Waals surface area contributed by atoms with E-state index in [0.29, 0.717) is 11.3 Å². The van der Waals surface area contributed by atoms with Crippen molar-refractivity contribution < 1.29 is 18.7 Å². The van der Waals surface area contributed by atoms with Gasteiger partial charge in [0.2, 0.25) is 5.91 Å². The number of nitrogens with zero attached hydrogens (tertiary/aromatic N) is 2. The molecule has 0 aromatic carbocycles. The third-order valence-corrected chi connectivity index (χ3v) is 4.77. The van der Waals surface area contributed by atoms with Crippen molar-refractivity contribution in [2.45, 2.75) is 32.9 Å². The number of nitrogens with one attached hydrogen (secondary N) is 2. The van der Waals surface area contributed by atoms with Crippen molar-refractivity contribution in [3.63, 3.8) is 0 Å². The van der Waals surface area contributed by atoms with Crippen molar-refractivity contribution in [1.82, 2.24) is 20.4 Å². The van der Waals surface area contributed by atoms with Crippen LogP contribution in [0.3, 0.4) is 0 Å². The van der Waals surface area contributed by atoms with Crippen LogP contribution in [0.15, 0.2) is 52.6 Å². The summed E-state index contributed by atoms with van der Waals surface area (Å²) < 4.78 is 10.4. The summed E-state index contributed by atoms with van der Waals surface area (Å²) in [6.07, 6.45) is 8.43. The Bertz CT molecular complexity index is 820. The number of carbonyl (C=O) groups excluding carboxylic acids is 2. The Kier molecular flexibility index (Phi) is 6.64. The van der Waals surface area contributed by atoms with Crippen LogP contribution in [0, 0.1) is 0 Å². The van der Waals surface area contributed by atoms with Gasteiger partial charge in [-0.2, -0.15) is 0 Å². The lowest BCUT2D eigenvalue weighted by molar-refractivity contribution is -0.135. The molecule has 0 saturated carbocycles. The lowest BCUT2D eigenvalue weighted by Crippen LogP contribution is -2.42. The van der Waals surface area contributed by atoms with Crippen molar-refractivity contribution in [3.8, 4) is 0 Å². The number of rotatable bonds is 9. The second-order valence-electron chi connectivity index (χ2n) is 6.86. The van der Waals surface area contributed by atoms with E-state index in [1.54, 1.807) is 30.7 Å². The van der Waals surface area contributed by atoms with Gasteiger partial charge in [-0.05, 0) is 37.1 Å². The van der Waals surface area contributed by atoms with Crippen molar-refractivity contribution in [2.24, 2.45) is 0 Å². The van der Waals surface area contributed by atoms with Crippen molar-refractivity contribution in [2.75, 3.05) is 26.7 Å². The van der Waals surface area contributed by atoms with Gasteiger partial charge in [0.05, 0.1) is 25.5 Å². The largest absolute Gasteiger partial charge is 0.465 e. The summed E-state index contributed by atoms with van der Waals surface area (Å²) in [5.41, 5.74) is 1.20. The average molecular weight is 400 g/mol. The molecule has 1 aromatic rings. The summed E-state index contributed by atoms with van der Waals surface area (Å²) in [6.45, 7) is 5.79. The number of carbonyl (C=O) groups is 2. The maximum atomic E-state index is 12.7. The van der Waals surface area contributed by atoms with Crippen LogP contribution in [0.2, 0.25) is 0 Å². The number of esters is 1. The predicted octanol–water partition coefficient (Wildman–Crippen LogP) is 2.00. The highest BCUT2D eigenvalue weighted by molar-refractivity contribution is 5.92. The fourth-order valence-electron chi connectivity index (χ4n) is 3.44. The summed E-state index contributed by atoms with van der Waals surface area (Å²) in [6, 6.07) is 3.65. The number of fused-ring (bicyclic) bond motifs is 1. The first-order valence-electron chi connectivity index (χ1n) is 9.92. The fourth-order valence-corrected chi connectivity index (χ4v) is 3.44. The molecule has 1 unspecified atom stereocenters. The van der Waals surface area contributed by atoms with E-state index in [1.807, 2.05) is 15.9 Å². The molecule has 0 radical (unpaired) electrons. The Morgan fingerprint density at radius 2 is 2.07 bits per heavy atom. The van der Waals surface area contributed by atoms with Crippen LogP contribution in [0.4, 0.5) is 0 Å². The number of hydrogen-bond acceptors (Lipinski definition) is 7. The van der Waals surface area contributed by atoms with Gasteiger partial charge in [-0.1, -0.05) is 13.8 Å². The molecule has 0 bridgehead atoms. The van der Waals surface area contributed by atoms with E-state index in [0.717, 1.165) is 37.4 Å². The molecule has 3 heterocycles. The van der Waals surface area contributed by atoms with Gasteiger partial charge in [0.1, 0.15) is 17.7 Å². The van der Waals surface area contributed by atoms with Gasteiger partial charge < -0.3 is 29.6 Å². The SMILES string of the molecule is CCCN(CCC)C(=O)CNC1=C(c2ccco2)NC2C=C(C(=O)OC)C=CN12. The summed E-state index contributed by atoms with van der Waals surface area (Å²) in [5.74, 6) is 1.03. The molecule has 29 heavy (non-hydrogen) atoms. The second-order valence-corrected chi connectivity index (χ2v) is 6.86. The minimum Gasteiger partial charge on any atom is -0.465 e. The molecule has 2 aliphatic rings. The zero-order chi connectivity index (χ0) is 20.8. The molecular weight excluding hydrogens is 372 g/mol. The maximum Gasteiger partial charge on any atom is 0.337 e. The number of ether oxygens (including phenoxy) is 1. The van der Waals surface area contributed by atoms with Gasteiger partial charge in [0.15, 0.2) is 5.76 Å². The van der Waals surface area contributed by atoms with E-state index in [4.69, 9.17) is 9.15 Å². The minimum atomic E-state index is -0.395. The fraction of sp³-hybridized carbons (Fsp3) is 0.429. The number of hydrogen-bond donors (Lipinski definition) is 2. The zero-order valence-corrected chi connectivity index (χ0v) is 17.1. The topological polar surface area (TPSA) is 87.1 Å². The third kappa shape index (κ3) is 4.47. The van der Waals surface area contributed by atoms with E-state index in [9.17, 15) is 9.59 Å². The normalized spacial score (nSPS) is 17.6. The number of furan rings is 1. The Morgan fingerprint density at radius 3 is 2.69 bits per heavy atom. The van der Waals surface area contributed by atoms with Crippen molar-refractivity contribution >= 4 is 17.6 Å². The van der Waals surface area contributed by atoms with Crippen LogP contribution in [-0.4, -0.2) is 54.6 Å². The molecule has 0 spiro atoms. The molecule has 1 amide bonds. The molecule has 0 aliphatic carbocycles. The molecule has 2 aliphatic heterocycles. The van der Waals surface area contributed by atoms with Crippen LogP contribution in [0.5, 0.6) is 0 Å². The lowest BCUT2D eigenvalue weighted by Gasteiger charge is -2.28. The number of amides is 1. The first-order valence-corrected chi connectivity index (χ1v) is 9.92. The van der Waals surface area contributed by atoms with Gasteiger partial charge in [0.25, 0.3) is 0 Å². The molecule has 156 valence electrons. The van der Waals surface area contributed by atoms with Crippen molar-refractivity contribution in [1.29, 1.82) is 0 Å². The Hall–Kier alpha value is -3.16. The first kappa shape index (κ1) is 20.6. The van der Waals surface area contributed by atoms with E-state index >= 15 is 0 Å². The van der Waals surface area contributed by atoms with E-state index in [-0.39, 0.29) is 18.6 Å². The second kappa shape index (κ2) is 9.36. The molecule has 3 rings (SSSR count).